The maximum absolute atomic E-state index is 15.0. The van der Waals surface area contributed by atoms with Gasteiger partial charge < -0.3 is 10.6 Å². The van der Waals surface area contributed by atoms with Gasteiger partial charge in [0.1, 0.15) is 12.5 Å². The van der Waals surface area contributed by atoms with Crippen molar-refractivity contribution in [3.8, 4) is 0 Å². The van der Waals surface area contributed by atoms with Gasteiger partial charge in [0.05, 0.1) is 17.8 Å². The number of aliphatic imine (C=N–C) groups is 2. The largest absolute Gasteiger partial charge is 0.435 e. The molecule has 212 valence electrons. The van der Waals surface area contributed by atoms with E-state index in [0.29, 0.717) is 41.2 Å². The maximum Gasteiger partial charge on any atom is 0.435 e. The van der Waals surface area contributed by atoms with E-state index in [0.717, 1.165) is 4.68 Å². The molecule has 1 aromatic heterocycles. The Kier molecular flexibility index (Phi) is 8.65. The van der Waals surface area contributed by atoms with E-state index in [1.807, 2.05) is 0 Å². The molecule has 3 heterocycles. The van der Waals surface area contributed by atoms with Crippen molar-refractivity contribution >= 4 is 28.7 Å². The van der Waals surface area contributed by atoms with E-state index in [4.69, 9.17) is 0 Å². The fraction of sp³-hybridized carbons (Fsp3) is 0.357. The van der Waals surface area contributed by atoms with Crippen molar-refractivity contribution in [1.82, 2.24) is 15.1 Å². The molecule has 2 aliphatic heterocycles. The van der Waals surface area contributed by atoms with Gasteiger partial charge in [0, 0.05) is 42.3 Å². The summed E-state index contributed by atoms with van der Waals surface area (Å²) in [5.41, 5.74) is 0.205. The molecule has 0 fully saturated rings. The number of benzene rings is 1. The van der Waals surface area contributed by atoms with Crippen LogP contribution in [0.25, 0.3) is 5.57 Å². The molecule has 4 rings (SSSR count). The zero-order valence-corrected chi connectivity index (χ0v) is 22.0. The summed E-state index contributed by atoms with van der Waals surface area (Å²) in [5.74, 6) is -1.17. The Morgan fingerprint density at radius 2 is 2.05 bits per heavy atom. The molecule has 0 aliphatic carbocycles. The number of aryl methyl sites for hydroxylation is 2. The van der Waals surface area contributed by atoms with Crippen molar-refractivity contribution < 1.29 is 26.7 Å². The number of halogens is 5. The van der Waals surface area contributed by atoms with Crippen LogP contribution in [-0.4, -0.2) is 40.0 Å². The molecule has 0 spiro atoms. The van der Waals surface area contributed by atoms with Gasteiger partial charge in [-0.25, -0.2) is 13.8 Å². The highest BCUT2D eigenvalue weighted by Crippen LogP contribution is 2.38. The number of amidine groups is 1. The average molecular weight is 561 g/mol. The number of hydrogen-bond acceptors (Lipinski definition) is 5. The van der Waals surface area contributed by atoms with E-state index in [9.17, 15) is 22.4 Å². The molecular formula is C28H29F5N6O. The highest BCUT2D eigenvalue weighted by molar-refractivity contribution is 6.46. The fourth-order valence-corrected chi connectivity index (χ4v) is 4.67. The Balaban J connectivity index is 1.61. The number of amides is 1. The fourth-order valence-electron chi connectivity index (χ4n) is 4.67. The highest BCUT2D eigenvalue weighted by atomic mass is 19.4. The van der Waals surface area contributed by atoms with Crippen LogP contribution in [-0.2, 0) is 12.7 Å². The van der Waals surface area contributed by atoms with E-state index in [1.165, 1.54) is 24.7 Å². The lowest BCUT2D eigenvalue weighted by molar-refractivity contribution is -0.141. The molecule has 2 bridgehead atoms. The van der Waals surface area contributed by atoms with E-state index in [-0.39, 0.29) is 36.1 Å². The number of aromatic nitrogens is 2. The van der Waals surface area contributed by atoms with Gasteiger partial charge in [-0.3, -0.25) is 14.5 Å². The number of carbonyl (C=O) groups excluding carboxylic acids is 1. The molecule has 7 nitrogen and oxygen atoms in total. The summed E-state index contributed by atoms with van der Waals surface area (Å²) in [5, 5.41) is 9.33. The molecule has 40 heavy (non-hydrogen) atoms. The first-order chi connectivity index (χ1) is 19.0. The summed E-state index contributed by atoms with van der Waals surface area (Å²) in [6.45, 7) is 5.90. The Hall–Kier alpha value is -4.09. The quantitative estimate of drug-likeness (QED) is 0.296. The van der Waals surface area contributed by atoms with Gasteiger partial charge >= 0.3 is 6.18 Å². The van der Waals surface area contributed by atoms with E-state index >= 15 is 4.39 Å². The van der Waals surface area contributed by atoms with Crippen LogP contribution in [0.4, 0.5) is 27.6 Å². The second kappa shape index (κ2) is 12.0. The minimum atomic E-state index is -4.72. The Bertz CT molecular complexity index is 1400. The third kappa shape index (κ3) is 6.54. The van der Waals surface area contributed by atoms with Crippen molar-refractivity contribution in [1.29, 1.82) is 0 Å². The monoisotopic (exact) mass is 560 g/mol. The normalized spacial score (nSPS) is 17.7. The van der Waals surface area contributed by atoms with Crippen molar-refractivity contribution in [3.05, 3.63) is 77.7 Å². The van der Waals surface area contributed by atoms with Crippen LogP contribution in [0.1, 0.15) is 53.4 Å². The molecule has 2 aliphatic rings. The second-order valence-electron chi connectivity index (χ2n) is 9.73. The van der Waals surface area contributed by atoms with Gasteiger partial charge in [-0.05, 0) is 55.9 Å². The van der Waals surface area contributed by atoms with Crippen LogP contribution >= 0.6 is 0 Å². The summed E-state index contributed by atoms with van der Waals surface area (Å²) in [6, 6.07) is 2.58. The number of rotatable bonds is 8. The smallest absolute Gasteiger partial charge is 0.349 e. The van der Waals surface area contributed by atoms with Gasteiger partial charge in [0.25, 0.3) is 5.91 Å². The summed E-state index contributed by atoms with van der Waals surface area (Å²) < 4.78 is 69.9. The predicted molar refractivity (Wildman–Crippen MR) is 144 cm³/mol. The zero-order valence-electron chi connectivity index (χ0n) is 22.0. The lowest BCUT2D eigenvalue weighted by atomic mass is 9.92. The molecule has 1 aromatic carbocycles. The maximum atomic E-state index is 15.0. The Morgan fingerprint density at radius 3 is 2.73 bits per heavy atom. The number of anilines is 1. The number of allylic oxidation sites excluding steroid dienone is 2. The SMILES string of the molecule is C=CC[C@@H](C)NC(=O)c1c(C)cc(NC2=NC=CC3CC(c4cn(CCF)nc4C(F)(F)F)=CN=C2C3)cc1F. The van der Waals surface area contributed by atoms with Crippen LogP contribution in [0.5, 0.6) is 0 Å². The molecule has 1 amide bonds. The average Bonchev–Trinajstić information content (AvgIpc) is 3.06. The topological polar surface area (TPSA) is 83.7 Å². The third-order valence-corrected chi connectivity index (χ3v) is 6.51. The summed E-state index contributed by atoms with van der Waals surface area (Å²) in [4.78, 5) is 21.4. The first kappa shape index (κ1) is 28.9. The molecular weight excluding hydrogens is 531 g/mol. The Labute approximate surface area is 228 Å². The number of carbonyl (C=O) groups is 1. The van der Waals surface area contributed by atoms with Crippen molar-refractivity contribution in [2.24, 2.45) is 15.9 Å². The van der Waals surface area contributed by atoms with Crippen LogP contribution in [0, 0.1) is 18.7 Å². The third-order valence-electron chi connectivity index (χ3n) is 6.51. The molecule has 2 atom stereocenters. The lowest BCUT2D eigenvalue weighted by Gasteiger charge is -2.16. The lowest BCUT2D eigenvalue weighted by Crippen LogP contribution is -2.33. The van der Waals surface area contributed by atoms with E-state index < -0.39 is 30.3 Å². The van der Waals surface area contributed by atoms with Crippen LogP contribution in [0.2, 0.25) is 0 Å². The minimum Gasteiger partial charge on any atom is -0.349 e. The first-order valence-electron chi connectivity index (χ1n) is 12.7. The molecule has 2 aromatic rings. The molecule has 0 radical (unpaired) electrons. The minimum absolute atomic E-state index is 0.0719. The summed E-state index contributed by atoms with van der Waals surface area (Å²) >= 11 is 0. The number of nitrogens with zero attached hydrogens (tertiary/aromatic N) is 4. The van der Waals surface area contributed by atoms with Crippen LogP contribution in [0.3, 0.4) is 0 Å². The van der Waals surface area contributed by atoms with E-state index in [2.05, 4.69) is 32.3 Å². The van der Waals surface area contributed by atoms with Crippen molar-refractivity contribution in [2.45, 2.75) is 51.9 Å². The standard InChI is InChI=1S/C28H29F5N6O/c1-4-5-17(3)36-27(40)24-16(2)10-20(13-22(24)30)37-26-23-12-18(6-8-34-26)11-19(14-35-23)21-15-39(9-7-29)38-25(21)28(31,32)33/h4,6,8,10,13-15,17-18H,1,5,7,9,11-12H2,2-3H3,(H,34,37)(H,36,40)/t17-,18?/m1/s1. The predicted octanol–water partition coefficient (Wildman–Crippen LogP) is 6.24. The van der Waals surface area contributed by atoms with Crippen molar-refractivity contribution in [2.75, 3.05) is 12.0 Å². The first-order valence-corrected chi connectivity index (χ1v) is 12.7. The molecule has 0 saturated carbocycles. The van der Waals surface area contributed by atoms with Crippen LogP contribution < -0.4 is 10.6 Å². The second-order valence-corrected chi connectivity index (χ2v) is 9.73. The summed E-state index contributed by atoms with van der Waals surface area (Å²) in [6.07, 6.45) is 3.92. The number of alkyl halides is 4. The van der Waals surface area contributed by atoms with Gasteiger partial charge in [0.2, 0.25) is 0 Å². The molecule has 2 N–H and O–H groups in total. The number of hydrogen-bond donors (Lipinski definition) is 2. The van der Waals surface area contributed by atoms with Crippen molar-refractivity contribution in [3.63, 3.8) is 0 Å². The highest BCUT2D eigenvalue weighted by Gasteiger charge is 2.38. The molecule has 1 unspecified atom stereocenters. The van der Waals surface area contributed by atoms with Gasteiger partial charge in [-0.15, -0.1) is 6.58 Å². The van der Waals surface area contributed by atoms with Gasteiger partial charge in [-0.1, -0.05) is 12.2 Å². The van der Waals surface area contributed by atoms with Crippen LogP contribution in [0.15, 0.2) is 59.4 Å². The molecule has 12 heteroatoms. The van der Waals surface area contributed by atoms with Gasteiger partial charge in [0.15, 0.2) is 11.5 Å². The van der Waals surface area contributed by atoms with Gasteiger partial charge in [-0.2, -0.15) is 18.3 Å². The Morgan fingerprint density at radius 1 is 1.27 bits per heavy atom. The zero-order chi connectivity index (χ0) is 29.0. The summed E-state index contributed by atoms with van der Waals surface area (Å²) in [7, 11) is 0. The number of fused-ring (bicyclic) bond motifs is 2. The molecule has 0 saturated heterocycles. The van der Waals surface area contributed by atoms with E-state index in [1.54, 1.807) is 32.1 Å². The number of nitrogens with one attached hydrogen (secondary N) is 2.